The Hall–Kier alpha value is -3.83. The number of carbonyl (C=O) groups excluding carboxylic acids is 2. The van der Waals surface area contributed by atoms with Gasteiger partial charge in [0.15, 0.2) is 0 Å². The van der Waals surface area contributed by atoms with Gasteiger partial charge in [-0.3, -0.25) is 9.10 Å². The molecule has 1 heterocycles. The molecule has 1 aliphatic carbocycles. The van der Waals surface area contributed by atoms with Gasteiger partial charge in [0.05, 0.1) is 45.3 Å². The Morgan fingerprint density at radius 3 is 2.64 bits per heavy atom. The maximum Gasteiger partial charge on any atom is 1.00 e. The molecule has 1 unspecified atom stereocenters. The molecule has 0 spiro atoms. The minimum absolute atomic E-state index is 0. The van der Waals surface area contributed by atoms with Crippen LogP contribution in [0.4, 0.5) is 11.4 Å². The molecule has 12 heteroatoms. The standard InChI is InChI=1S/C30H32N4O6S.Li/c1-2-3-4-9-28(35)32-19-23-12-11-22(29(36)33-25-13-10-20(18-31)16-24(25)30(37)38)17-27(23)41(39,40)34-15-14-21-7-5-6-8-26(21)34;/h5-8,10-13,16,22H,2-4,9,14-15,17,19H2,1H3,(H3,32,33,35,36,37,38);/q;+1/p-1. The van der Waals surface area contributed by atoms with Crippen molar-refractivity contribution in [3.05, 3.63) is 87.1 Å². The summed E-state index contributed by atoms with van der Waals surface area (Å²) >= 11 is 0. The molecule has 2 aliphatic rings. The fraction of sp³-hybridized carbons (Fsp3) is 0.333. The number of carboxylic acids is 1. The van der Waals surface area contributed by atoms with E-state index in [1.165, 1.54) is 22.5 Å². The third-order valence-electron chi connectivity index (χ3n) is 7.13. The maximum atomic E-state index is 14.0. The van der Waals surface area contributed by atoms with Crippen LogP contribution < -0.4 is 28.5 Å². The summed E-state index contributed by atoms with van der Waals surface area (Å²) in [7, 11) is -4.08. The average Bonchev–Trinajstić information content (AvgIpc) is 3.41. The van der Waals surface area contributed by atoms with E-state index in [4.69, 9.17) is 5.26 Å². The zero-order valence-corrected chi connectivity index (χ0v) is 24.5. The van der Waals surface area contributed by atoms with Crippen LogP contribution in [-0.2, 0) is 26.0 Å². The molecule has 0 bridgehead atoms. The number of carbonyl (C=O) groups is 3. The number of para-hydroxylation sites is 1. The predicted molar refractivity (Wildman–Crippen MR) is 155 cm³/mol. The molecule has 10 nitrogen and oxygen atoms in total. The minimum atomic E-state index is -4.08. The number of allylic oxidation sites excluding steroid dienone is 1. The van der Waals surface area contributed by atoms with Crippen molar-refractivity contribution >= 4 is 39.2 Å². The van der Waals surface area contributed by atoms with Gasteiger partial charge in [-0.15, -0.1) is 6.54 Å². The summed E-state index contributed by atoms with van der Waals surface area (Å²) in [6.07, 6.45) is 6.28. The molecule has 0 aromatic heterocycles. The molecule has 0 saturated heterocycles. The number of amides is 2. The number of benzene rings is 2. The number of nitrogens with one attached hydrogen (secondary N) is 1. The topological polar surface area (TPSA) is 159 Å². The van der Waals surface area contributed by atoms with Crippen molar-refractivity contribution < 1.29 is 46.8 Å². The number of aromatic carboxylic acids is 1. The largest absolute Gasteiger partial charge is 1.00 e. The van der Waals surface area contributed by atoms with Gasteiger partial charge in [0, 0.05) is 13.0 Å². The summed E-state index contributed by atoms with van der Waals surface area (Å²) in [5.74, 6) is -3.15. The first-order chi connectivity index (χ1) is 19.6. The number of anilines is 2. The number of unbranched alkanes of at least 4 members (excludes halogenated alkanes) is 2. The van der Waals surface area contributed by atoms with Crippen molar-refractivity contribution in [1.29, 1.82) is 5.26 Å². The van der Waals surface area contributed by atoms with Gasteiger partial charge in [-0.05, 0) is 54.7 Å². The van der Waals surface area contributed by atoms with Gasteiger partial charge in [0.25, 0.3) is 10.0 Å². The number of fused-ring (bicyclic) bond motifs is 1. The van der Waals surface area contributed by atoms with E-state index >= 15 is 0 Å². The number of carboxylic acid groups (broad SMARTS) is 1. The summed E-state index contributed by atoms with van der Waals surface area (Å²) in [6, 6.07) is 13.0. The van der Waals surface area contributed by atoms with Crippen LogP contribution in [0.25, 0.3) is 5.32 Å². The van der Waals surface area contributed by atoms with E-state index in [2.05, 4.69) is 10.6 Å². The molecule has 2 aromatic rings. The van der Waals surface area contributed by atoms with Gasteiger partial charge in [0.2, 0.25) is 5.91 Å². The maximum absolute atomic E-state index is 14.0. The summed E-state index contributed by atoms with van der Waals surface area (Å²) in [6.45, 7) is 2.15. The second-order valence-corrected chi connectivity index (χ2v) is 11.8. The van der Waals surface area contributed by atoms with Gasteiger partial charge >= 0.3 is 24.8 Å². The van der Waals surface area contributed by atoms with Crippen LogP contribution in [0, 0.1) is 17.2 Å². The Bertz CT molecular complexity index is 1580. The number of nitriles is 1. The molecule has 42 heavy (non-hydrogen) atoms. The third-order valence-corrected chi connectivity index (χ3v) is 9.14. The second kappa shape index (κ2) is 14.4. The number of hydrogen-bond acceptors (Lipinski definition) is 6. The summed E-state index contributed by atoms with van der Waals surface area (Å²) in [5, 5.41) is 25.4. The molecule has 1 aliphatic heterocycles. The van der Waals surface area contributed by atoms with Crippen molar-refractivity contribution in [2.24, 2.45) is 5.92 Å². The number of nitrogens with zero attached hydrogens (tertiary/aromatic N) is 3. The third kappa shape index (κ3) is 7.32. The van der Waals surface area contributed by atoms with Crippen LogP contribution in [0.3, 0.4) is 0 Å². The average molecular weight is 583 g/mol. The Kier molecular flexibility index (Phi) is 11.2. The molecule has 0 saturated carbocycles. The van der Waals surface area contributed by atoms with Crippen molar-refractivity contribution in [3.8, 4) is 6.07 Å². The van der Waals surface area contributed by atoms with Crippen LogP contribution >= 0.6 is 0 Å². The number of sulfonamides is 1. The Labute approximate surface area is 257 Å². The Balaban J connectivity index is 0.00000484. The first-order valence-electron chi connectivity index (χ1n) is 13.4. The molecular weight excluding hydrogens is 551 g/mol. The summed E-state index contributed by atoms with van der Waals surface area (Å²) < 4.78 is 29.4. The van der Waals surface area contributed by atoms with Gasteiger partial charge < -0.3 is 20.5 Å². The van der Waals surface area contributed by atoms with E-state index in [9.17, 15) is 27.9 Å². The monoisotopic (exact) mass is 582 g/mol. The number of rotatable bonds is 11. The van der Waals surface area contributed by atoms with E-state index in [0.29, 0.717) is 24.1 Å². The first-order valence-corrected chi connectivity index (χ1v) is 14.9. The van der Waals surface area contributed by atoms with Gasteiger partial charge in [0.1, 0.15) is 0 Å². The van der Waals surface area contributed by atoms with Gasteiger partial charge in [-0.2, -0.15) is 5.26 Å². The van der Waals surface area contributed by atoms with E-state index in [1.807, 2.05) is 25.1 Å². The van der Waals surface area contributed by atoms with Crippen molar-refractivity contribution in [2.45, 2.75) is 45.4 Å². The second-order valence-electron chi connectivity index (χ2n) is 9.91. The molecule has 1 atom stereocenters. The summed E-state index contributed by atoms with van der Waals surface area (Å²) in [5.41, 5.74) is 1.68. The molecule has 2 amide bonds. The van der Waals surface area contributed by atoms with Crippen LogP contribution in [0.15, 0.2) is 65.1 Å². The van der Waals surface area contributed by atoms with Crippen molar-refractivity contribution in [2.75, 3.05) is 22.7 Å². The Morgan fingerprint density at radius 1 is 1.17 bits per heavy atom. The summed E-state index contributed by atoms with van der Waals surface area (Å²) in [4.78, 5) is 37.3. The first kappa shape index (κ1) is 32.7. The van der Waals surface area contributed by atoms with Crippen LogP contribution in [0.2, 0.25) is 0 Å². The smallest absolute Gasteiger partial charge is 0.650 e. The van der Waals surface area contributed by atoms with E-state index in [1.54, 1.807) is 18.2 Å². The van der Waals surface area contributed by atoms with E-state index < -0.39 is 27.8 Å². The van der Waals surface area contributed by atoms with Gasteiger partial charge in [-0.25, -0.2) is 13.2 Å². The molecule has 214 valence electrons. The quantitative estimate of drug-likeness (QED) is 0.302. The van der Waals surface area contributed by atoms with Crippen LogP contribution in [0.5, 0.6) is 0 Å². The normalized spacial score (nSPS) is 15.8. The molecule has 2 aromatic carbocycles. The van der Waals surface area contributed by atoms with Crippen molar-refractivity contribution in [3.63, 3.8) is 0 Å². The predicted octanol–water partition coefficient (Wildman–Crippen LogP) is 1.90. The van der Waals surface area contributed by atoms with Crippen LogP contribution in [-0.4, -0.2) is 44.4 Å². The van der Waals surface area contributed by atoms with Gasteiger partial charge in [-0.1, -0.05) is 50.1 Å². The fourth-order valence-corrected chi connectivity index (χ4v) is 6.80. The van der Waals surface area contributed by atoms with E-state index in [-0.39, 0.29) is 72.4 Å². The molecule has 4 rings (SSSR count). The zero-order valence-electron chi connectivity index (χ0n) is 23.7. The number of hydrogen-bond donors (Lipinski definition) is 2. The molecular formula is C30H31LiN4O6S. The molecule has 2 N–H and O–H groups in total. The molecule has 0 fully saturated rings. The zero-order chi connectivity index (χ0) is 29.6. The van der Waals surface area contributed by atoms with E-state index in [0.717, 1.165) is 24.5 Å². The fourth-order valence-electron chi connectivity index (χ4n) is 4.91. The minimum Gasteiger partial charge on any atom is -0.650 e. The Morgan fingerprint density at radius 2 is 1.93 bits per heavy atom. The van der Waals surface area contributed by atoms with Crippen molar-refractivity contribution in [1.82, 2.24) is 0 Å². The van der Waals surface area contributed by atoms with Crippen LogP contribution in [0.1, 0.15) is 60.5 Å². The SMILES string of the molecule is CCCCCC(=O)[N-]CC1=C(S(=O)(=O)N2CCc3ccccc32)CC(C(=O)Nc2ccc(C#N)cc2C(=O)O)C=C1.[Li+]. The molecule has 0 radical (unpaired) electrons.